The van der Waals surface area contributed by atoms with Gasteiger partial charge in [0, 0.05) is 0 Å². The van der Waals surface area contributed by atoms with E-state index in [4.69, 9.17) is 14.8 Å². The molecule has 1 aromatic rings. The number of rotatable bonds is 1. The average Bonchev–Trinajstić information content (AvgIpc) is 2.23. The third kappa shape index (κ3) is 2.36. The zero-order chi connectivity index (χ0) is 11.8. The summed E-state index contributed by atoms with van der Waals surface area (Å²) in [6, 6.07) is 7.07. The molecule has 1 saturated heterocycles. The molecule has 1 aromatic carbocycles. The van der Waals surface area contributed by atoms with Crippen molar-refractivity contribution in [1.29, 1.82) is 0 Å². The van der Waals surface area contributed by atoms with Crippen molar-refractivity contribution >= 4 is 18.9 Å². The molecule has 1 aliphatic heterocycles. The van der Waals surface area contributed by atoms with E-state index in [0.29, 0.717) is 24.2 Å². The number of anilines is 1. The van der Waals surface area contributed by atoms with Crippen molar-refractivity contribution in [2.75, 3.05) is 18.9 Å². The van der Waals surface area contributed by atoms with E-state index in [1.54, 1.807) is 24.3 Å². The van der Waals surface area contributed by atoms with Gasteiger partial charge in [-0.2, -0.15) is 0 Å². The van der Waals surface area contributed by atoms with E-state index in [-0.39, 0.29) is 5.41 Å². The Morgan fingerprint density at radius 1 is 1.31 bits per heavy atom. The van der Waals surface area contributed by atoms with Gasteiger partial charge >= 0.3 is 95.4 Å². The van der Waals surface area contributed by atoms with Crippen LogP contribution in [0.15, 0.2) is 24.3 Å². The molecule has 2 rings (SSSR count). The number of nitrogen functional groups attached to an aromatic ring is 1. The van der Waals surface area contributed by atoms with Crippen molar-refractivity contribution in [3.63, 3.8) is 0 Å². The van der Waals surface area contributed by atoms with E-state index in [9.17, 15) is 4.89 Å². The van der Waals surface area contributed by atoms with E-state index in [1.807, 2.05) is 13.8 Å². The van der Waals surface area contributed by atoms with Gasteiger partial charge in [0.25, 0.3) is 0 Å². The van der Waals surface area contributed by atoms with Crippen molar-refractivity contribution in [3.05, 3.63) is 24.3 Å². The first-order valence-electron chi connectivity index (χ1n) is 5.28. The van der Waals surface area contributed by atoms with Crippen LogP contribution in [-0.4, -0.2) is 18.1 Å². The monoisotopic (exact) mass is 243 g/mol. The second-order valence-corrected chi connectivity index (χ2v) is 7.27. The van der Waals surface area contributed by atoms with Gasteiger partial charge in [-0.05, 0) is 0 Å². The molecule has 1 aliphatic rings. The molecule has 1 heterocycles. The number of hydrogen-bond donors (Lipinski definition) is 2. The molecule has 3 N–H and O–H groups in total. The molecule has 90 valence electrons. The number of benzene rings is 1. The van der Waals surface area contributed by atoms with E-state index in [0.717, 1.165) is 0 Å². The van der Waals surface area contributed by atoms with Crippen LogP contribution in [0.1, 0.15) is 13.8 Å². The molecule has 0 radical (unpaired) electrons. The second kappa shape index (κ2) is 3.97. The van der Waals surface area contributed by atoms with Gasteiger partial charge in [-0.1, -0.05) is 0 Å². The summed E-state index contributed by atoms with van der Waals surface area (Å²) in [4.78, 5) is 10.3. The van der Waals surface area contributed by atoms with Crippen molar-refractivity contribution in [1.82, 2.24) is 0 Å². The van der Waals surface area contributed by atoms with E-state index in [1.165, 1.54) is 0 Å². The SMILES string of the molecule is CC1(C)CO[PH](O)(c2cccc(N)c2)OC1. The van der Waals surface area contributed by atoms with Gasteiger partial charge in [0.05, 0.1) is 0 Å². The Morgan fingerprint density at radius 3 is 2.50 bits per heavy atom. The Morgan fingerprint density at radius 2 is 1.94 bits per heavy atom. The zero-order valence-corrected chi connectivity index (χ0v) is 10.6. The summed E-state index contributed by atoms with van der Waals surface area (Å²) >= 11 is 0. The molecule has 5 heteroatoms. The van der Waals surface area contributed by atoms with Crippen LogP contribution >= 0.6 is 7.94 Å². The Labute approximate surface area is 96.0 Å². The summed E-state index contributed by atoms with van der Waals surface area (Å²) in [5.41, 5.74) is 6.24. The molecule has 1 fully saturated rings. The molecule has 0 unspecified atom stereocenters. The van der Waals surface area contributed by atoms with Crippen molar-refractivity contribution in [3.8, 4) is 0 Å². The van der Waals surface area contributed by atoms with Gasteiger partial charge in [-0.25, -0.2) is 0 Å². The first-order chi connectivity index (χ1) is 7.41. The van der Waals surface area contributed by atoms with Crippen LogP contribution in [0, 0.1) is 5.41 Å². The fourth-order valence-corrected chi connectivity index (χ4v) is 3.82. The molecule has 0 saturated carbocycles. The second-order valence-electron chi connectivity index (χ2n) is 4.95. The number of hydrogen-bond acceptors (Lipinski definition) is 4. The Bertz CT molecular complexity index is 385. The molecule has 0 amide bonds. The van der Waals surface area contributed by atoms with Crippen LogP contribution in [0.4, 0.5) is 5.69 Å². The van der Waals surface area contributed by atoms with Crippen LogP contribution in [0.3, 0.4) is 0 Å². The topological polar surface area (TPSA) is 64.7 Å². The molecule has 4 nitrogen and oxygen atoms in total. The molecule has 0 aromatic heterocycles. The Kier molecular flexibility index (Phi) is 2.93. The maximum absolute atomic E-state index is 10.3. The minimum atomic E-state index is -3.21. The van der Waals surface area contributed by atoms with Crippen molar-refractivity contribution in [2.24, 2.45) is 5.41 Å². The van der Waals surface area contributed by atoms with Crippen LogP contribution < -0.4 is 11.0 Å². The van der Waals surface area contributed by atoms with Gasteiger partial charge in [-0.15, -0.1) is 0 Å². The molecular weight excluding hydrogens is 225 g/mol. The van der Waals surface area contributed by atoms with Gasteiger partial charge < -0.3 is 0 Å². The van der Waals surface area contributed by atoms with Gasteiger partial charge in [0.1, 0.15) is 0 Å². The standard InChI is InChI=1S/C11H18NO3P/c1-11(2)7-14-16(13,15-8-11)10-5-3-4-9(12)6-10/h3-6,13,16H,7-8,12H2,1-2H3. The van der Waals surface area contributed by atoms with Gasteiger partial charge in [-0.3, -0.25) is 0 Å². The van der Waals surface area contributed by atoms with Crippen LogP contribution in [0.2, 0.25) is 0 Å². The van der Waals surface area contributed by atoms with E-state index in [2.05, 4.69) is 0 Å². The third-order valence-electron chi connectivity index (χ3n) is 2.57. The van der Waals surface area contributed by atoms with Crippen molar-refractivity contribution < 1.29 is 13.9 Å². The summed E-state index contributed by atoms with van der Waals surface area (Å²) in [6.07, 6.45) is 0. The molecule has 0 aliphatic carbocycles. The maximum atomic E-state index is 10.3. The summed E-state index contributed by atoms with van der Waals surface area (Å²) in [7, 11) is -3.21. The van der Waals surface area contributed by atoms with Crippen molar-refractivity contribution in [2.45, 2.75) is 13.8 Å². The summed E-state index contributed by atoms with van der Waals surface area (Å²) < 4.78 is 11.1. The molecule has 0 bridgehead atoms. The first kappa shape index (κ1) is 11.8. The molecule has 0 atom stereocenters. The van der Waals surface area contributed by atoms with Gasteiger partial charge in [0.2, 0.25) is 0 Å². The normalized spacial score (nSPS) is 24.9. The number of nitrogens with two attached hydrogens (primary N) is 1. The quantitative estimate of drug-likeness (QED) is 0.579. The average molecular weight is 243 g/mol. The summed E-state index contributed by atoms with van der Waals surface area (Å²) in [5, 5.41) is 0.669. The fraction of sp³-hybridized carbons (Fsp3) is 0.455. The summed E-state index contributed by atoms with van der Waals surface area (Å²) in [5.74, 6) is 0. The molecule has 16 heavy (non-hydrogen) atoms. The third-order valence-corrected chi connectivity index (χ3v) is 4.68. The molecular formula is C11H18NO3P. The summed E-state index contributed by atoms with van der Waals surface area (Å²) in [6.45, 7) is 5.09. The Hall–Kier alpha value is -0.670. The van der Waals surface area contributed by atoms with Crippen LogP contribution in [0.25, 0.3) is 0 Å². The zero-order valence-electron chi connectivity index (χ0n) is 9.56. The van der Waals surface area contributed by atoms with E-state index < -0.39 is 7.94 Å². The Balaban J connectivity index is 2.21. The van der Waals surface area contributed by atoms with Gasteiger partial charge in [0.15, 0.2) is 0 Å². The first-order valence-corrected chi connectivity index (χ1v) is 7.04. The minimum absolute atomic E-state index is 0.0421. The molecule has 0 spiro atoms. The predicted octanol–water partition coefficient (Wildman–Crippen LogP) is 1.45. The van der Waals surface area contributed by atoms with E-state index >= 15 is 0 Å². The van der Waals surface area contributed by atoms with Crippen LogP contribution in [0.5, 0.6) is 0 Å². The fourth-order valence-electron chi connectivity index (χ4n) is 1.57. The van der Waals surface area contributed by atoms with Crippen LogP contribution in [-0.2, 0) is 9.05 Å². The predicted molar refractivity (Wildman–Crippen MR) is 66.7 cm³/mol.